The first-order chi connectivity index (χ1) is 6.77. The van der Waals surface area contributed by atoms with Gasteiger partial charge in [-0.2, -0.15) is 0 Å². The molecular formula is C11H17ClN2. The summed E-state index contributed by atoms with van der Waals surface area (Å²) in [6, 6.07) is 1.92. The number of nitrogens with zero attached hydrogens (tertiary/aromatic N) is 1. The summed E-state index contributed by atoms with van der Waals surface area (Å²) in [5.74, 6) is 0. The fourth-order valence-corrected chi connectivity index (χ4v) is 1.86. The van der Waals surface area contributed by atoms with E-state index in [1.807, 2.05) is 19.9 Å². The summed E-state index contributed by atoms with van der Waals surface area (Å²) in [6.45, 7) is 8.03. The molecule has 3 heteroatoms. The Morgan fingerprint density at radius 3 is 2.86 bits per heavy atom. The molecule has 2 heterocycles. The number of hydrogen-bond donors (Lipinski definition) is 1. The monoisotopic (exact) mass is 212 g/mol. The average Bonchev–Trinajstić information content (AvgIpc) is 2.20. The number of aryl methyl sites for hydroxylation is 1. The molecule has 0 saturated heterocycles. The van der Waals surface area contributed by atoms with E-state index in [-0.39, 0.29) is 0 Å². The van der Waals surface area contributed by atoms with Crippen molar-refractivity contribution in [1.82, 2.24) is 10.3 Å². The van der Waals surface area contributed by atoms with Gasteiger partial charge in [0, 0.05) is 25.2 Å². The standard InChI is InChI=1S/C9H11ClN2.C2H6/c1-6-4-9(10)12-8-2-3-11-5-7(6)8;1-2/h4,11H,2-3,5H2,1H3;1-2H3. The SMILES string of the molecule is CC.Cc1cc(Cl)nc2c1CNCC2. The summed E-state index contributed by atoms with van der Waals surface area (Å²) in [5.41, 5.74) is 3.74. The summed E-state index contributed by atoms with van der Waals surface area (Å²) in [7, 11) is 0. The van der Waals surface area contributed by atoms with Gasteiger partial charge in [0.05, 0.1) is 0 Å². The molecule has 0 fully saturated rings. The number of rotatable bonds is 0. The molecule has 0 atom stereocenters. The second-order valence-electron chi connectivity index (χ2n) is 3.11. The van der Waals surface area contributed by atoms with Crippen LogP contribution in [-0.4, -0.2) is 11.5 Å². The van der Waals surface area contributed by atoms with E-state index in [0.29, 0.717) is 5.15 Å². The van der Waals surface area contributed by atoms with Gasteiger partial charge in [-0.05, 0) is 24.1 Å². The van der Waals surface area contributed by atoms with Gasteiger partial charge >= 0.3 is 0 Å². The van der Waals surface area contributed by atoms with E-state index in [4.69, 9.17) is 11.6 Å². The van der Waals surface area contributed by atoms with E-state index >= 15 is 0 Å². The maximum Gasteiger partial charge on any atom is 0.129 e. The van der Waals surface area contributed by atoms with Crippen LogP contribution in [-0.2, 0) is 13.0 Å². The molecule has 2 rings (SSSR count). The van der Waals surface area contributed by atoms with Gasteiger partial charge in [0.1, 0.15) is 5.15 Å². The Hall–Kier alpha value is -0.600. The zero-order chi connectivity index (χ0) is 10.6. The lowest BCUT2D eigenvalue weighted by atomic mass is 10.0. The molecule has 0 unspecified atom stereocenters. The first kappa shape index (κ1) is 11.5. The van der Waals surface area contributed by atoms with Gasteiger partial charge in [-0.1, -0.05) is 25.4 Å². The van der Waals surface area contributed by atoms with Crippen LogP contribution < -0.4 is 5.32 Å². The Kier molecular flexibility index (Phi) is 4.36. The molecule has 78 valence electrons. The first-order valence-corrected chi connectivity index (χ1v) is 5.51. The second-order valence-corrected chi connectivity index (χ2v) is 3.50. The molecule has 0 aromatic carbocycles. The molecule has 0 saturated carbocycles. The smallest absolute Gasteiger partial charge is 0.129 e. The van der Waals surface area contributed by atoms with E-state index < -0.39 is 0 Å². The molecule has 0 aliphatic carbocycles. The third-order valence-electron chi connectivity index (χ3n) is 2.24. The predicted molar refractivity (Wildman–Crippen MR) is 60.7 cm³/mol. The highest BCUT2D eigenvalue weighted by atomic mass is 35.5. The summed E-state index contributed by atoms with van der Waals surface area (Å²) in [5, 5.41) is 3.94. The number of hydrogen-bond acceptors (Lipinski definition) is 2. The molecule has 0 radical (unpaired) electrons. The van der Waals surface area contributed by atoms with Crippen molar-refractivity contribution in [2.24, 2.45) is 0 Å². The van der Waals surface area contributed by atoms with Gasteiger partial charge < -0.3 is 5.32 Å². The third kappa shape index (κ3) is 2.46. The normalized spacial score (nSPS) is 14.0. The van der Waals surface area contributed by atoms with Gasteiger partial charge in [-0.25, -0.2) is 4.98 Å². The topological polar surface area (TPSA) is 24.9 Å². The molecule has 14 heavy (non-hydrogen) atoms. The lowest BCUT2D eigenvalue weighted by Crippen LogP contribution is -2.25. The minimum atomic E-state index is 0.619. The number of pyridine rings is 1. The molecule has 1 aromatic heterocycles. The van der Waals surface area contributed by atoms with Crippen LogP contribution in [0.4, 0.5) is 0 Å². The highest BCUT2D eigenvalue weighted by Crippen LogP contribution is 2.19. The Morgan fingerprint density at radius 2 is 2.14 bits per heavy atom. The van der Waals surface area contributed by atoms with Gasteiger partial charge in [0.15, 0.2) is 0 Å². The third-order valence-corrected chi connectivity index (χ3v) is 2.44. The van der Waals surface area contributed by atoms with Crippen molar-refractivity contribution in [3.05, 3.63) is 28.0 Å². The van der Waals surface area contributed by atoms with Crippen molar-refractivity contribution in [3.63, 3.8) is 0 Å². The van der Waals surface area contributed by atoms with E-state index in [1.54, 1.807) is 0 Å². The zero-order valence-electron chi connectivity index (χ0n) is 9.02. The minimum absolute atomic E-state index is 0.619. The van der Waals surface area contributed by atoms with Crippen LogP contribution in [0, 0.1) is 6.92 Å². The Morgan fingerprint density at radius 1 is 1.43 bits per heavy atom. The van der Waals surface area contributed by atoms with Crippen molar-refractivity contribution in [1.29, 1.82) is 0 Å². The first-order valence-electron chi connectivity index (χ1n) is 5.13. The average molecular weight is 213 g/mol. The predicted octanol–water partition coefficient (Wildman–Crippen LogP) is 2.72. The largest absolute Gasteiger partial charge is 0.312 e. The Bertz CT molecular complexity index is 310. The van der Waals surface area contributed by atoms with Gasteiger partial charge in [0.2, 0.25) is 0 Å². The maximum atomic E-state index is 5.85. The zero-order valence-corrected chi connectivity index (χ0v) is 9.78. The molecule has 0 bridgehead atoms. The van der Waals surface area contributed by atoms with Crippen molar-refractivity contribution >= 4 is 11.6 Å². The van der Waals surface area contributed by atoms with E-state index in [9.17, 15) is 0 Å². The van der Waals surface area contributed by atoms with E-state index in [0.717, 1.165) is 19.5 Å². The quantitative estimate of drug-likeness (QED) is 0.669. The molecule has 1 aliphatic heterocycles. The maximum absolute atomic E-state index is 5.85. The van der Waals surface area contributed by atoms with Crippen molar-refractivity contribution < 1.29 is 0 Å². The molecule has 2 nitrogen and oxygen atoms in total. The Balaban J connectivity index is 0.000000461. The fourth-order valence-electron chi connectivity index (χ4n) is 1.59. The van der Waals surface area contributed by atoms with Crippen LogP contribution in [0.5, 0.6) is 0 Å². The summed E-state index contributed by atoms with van der Waals surface area (Å²) in [4.78, 5) is 4.30. The molecule has 0 amide bonds. The number of halogens is 1. The van der Waals surface area contributed by atoms with Crippen LogP contribution >= 0.6 is 11.6 Å². The molecular weight excluding hydrogens is 196 g/mol. The fraction of sp³-hybridized carbons (Fsp3) is 0.545. The van der Waals surface area contributed by atoms with Crippen molar-refractivity contribution in [2.45, 2.75) is 33.7 Å². The molecule has 1 N–H and O–H groups in total. The highest BCUT2D eigenvalue weighted by molar-refractivity contribution is 6.29. The van der Waals surface area contributed by atoms with Crippen molar-refractivity contribution in [3.8, 4) is 0 Å². The lowest BCUT2D eigenvalue weighted by Gasteiger charge is -2.18. The minimum Gasteiger partial charge on any atom is -0.312 e. The van der Waals surface area contributed by atoms with Crippen LogP contribution in [0.3, 0.4) is 0 Å². The second kappa shape index (κ2) is 5.32. The van der Waals surface area contributed by atoms with Crippen LogP contribution in [0.15, 0.2) is 6.07 Å². The molecule has 0 spiro atoms. The summed E-state index contributed by atoms with van der Waals surface area (Å²) in [6.07, 6.45) is 0.997. The van der Waals surface area contributed by atoms with E-state index in [2.05, 4.69) is 17.2 Å². The van der Waals surface area contributed by atoms with Crippen LogP contribution in [0.25, 0.3) is 0 Å². The summed E-state index contributed by atoms with van der Waals surface area (Å²) >= 11 is 5.85. The lowest BCUT2D eigenvalue weighted by molar-refractivity contribution is 0.627. The van der Waals surface area contributed by atoms with Gasteiger partial charge in [0.25, 0.3) is 0 Å². The summed E-state index contributed by atoms with van der Waals surface area (Å²) < 4.78 is 0. The highest BCUT2D eigenvalue weighted by Gasteiger charge is 2.12. The molecule has 1 aromatic rings. The van der Waals surface area contributed by atoms with Gasteiger partial charge in [-0.15, -0.1) is 0 Å². The number of nitrogens with one attached hydrogen (secondary N) is 1. The molecule has 1 aliphatic rings. The number of aromatic nitrogens is 1. The Labute approximate surface area is 90.7 Å². The van der Waals surface area contributed by atoms with Crippen molar-refractivity contribution in [2.75, 3.05) is 6.54 Å². The van der Waals surface area contributed by atoms with E-state index in [1.165, 1.54) is 16.8 Å². The van der Waals surface area contributed by atoms with Crippen LogP contribution in [0.1, 0.15) is 30.7 Å². The number of fused-ring (bicyclic) bond motifs is 1. The van der Waals surface area contributed by atoms with Gasteiger partial charge in [-0.3, -0.25) is 0 Å². The van der Waals surface area contributed by atoms with Crippen LogP contribution in [0.2, 0.25) is 5.15 Å².